The van der Waals surface area contributed by atoms with Crippen molar-refractivity contribution in [1.29, 1.82) is 5.26 Å². The second-order valence-electron chi connectivity index (χ2n) is 11.0. The summed E-state index contributed by atoms with van der Waals surface area (Å²) in [6, 6.07) is 21.5. The molecule has 1 N–H and O–H groups in total. The van der Waals surface area contributed by atoms with Gasteiger partial charge in [-0.1, -0.05) is 60.7 Å². The van der Waals surface area contributed by atoms with Crippen LogP contribution >= 0.6 is 0 Å². The topological polar surface area (TPSA) is 45.5 Å². The number of nitrogens with one attached hydrogen (secondary N) is 1. The first-order chi connectivity index (χ1) is 16.7. The maximum absolute atomic E-state index is 9.01. The lowest BCUT2D eigenvalue weighted by Gasteiger charge is -2.44. The van der Waals surface area contributed by atoms with Gasteiger partial charge in [-0.25, -0.2) is 0 Å². The van der Waals surface area contributed by atoms with Crippen molar-refractivity contribution >= 4 is 0 Å². The summed E-state index contributed by atoms with van der Waals surface area (Å²) in [4.78, 5) is 7.14. The Morgan fingerprint density at radius 3 is 1.56 bits per heavy atom. The highest BCUT2D eigenvalue weighted by Crippen LogP contribution is 2.29. The molecule has 4 fully saturated rings. The summed E-state index contributed by atoms with van der Waals surface area (Å²) in [5.41, 5.74) is 2.85. The van der Waals surface area contributed by atoms with Crippen LogP contribution in [0, 0.1) is 35.1 Å². The van der Waals surface area contributed by atoms with Crippen LogP contribution in [0.4, 0.5) is 0 Å². The summed E-state index contributed by atoms with van der Waals surface area (Å²) in [5.74, 6) is 3.13. The number of hydrogen-bond donors (Lipinski definition) is 1. The minimum atomic E-state index is 0.681. The van der Waals surface area contributed by atoms with E-state index in [9.17, 15) is 0 Å². The van der Waals surface area contributed by atoms with Gasteiger partial charge in [-0.3, -0.25) is 9.80 Å². The van der Waals surface area contributed by atoms with Gasteiger partial charge in [-0.05, 0) is 60.7 Å². The zero-order valence-corrected chi connectivity index (χ0v) is 20.4. The SMILES string of the molecule is N#CN1CC2CC(C1)CN(Cc1ccccc1)C2.c1ccc(CN2CC3CNCC(C3)C2)cc1. The fraction of sp³-hybridized carbons (Fsp3) is 0.552. The van der Waals surface area contributed by atoms with E-state index in [4.69, 9.17) is 5.26 Å². The largest absolute Gasteiger partial charge is 0.316 e. The molecule has 180 valence electrons. The van der Waals surface area contributed by atoms with Crippen molar-refractivity contribution < 1.29 is 0 Å². The van der Waals surface area contributed by atoms with E-state index in [0.29, 0.717) is 11.8 Å². The van der Waals surface area contributed by atoms with Crippen molar-refractivity contribution in [2.75, 3.05) is 52.4 Å². The average Bonchev–Trinajstić information content (AvgIpc) is 2.85. The molecular weight excluding hydrogens is 418 g/mol. The first-order valence-electron chi connectivity index (χ1n) is 13.1. The van der Waals surface area contributed by atoms with Gasteiger partial charge in [0, 0.05) is 52.4 Å². The molecule has 0 spiro atoms. The highest BCUT2D eigenvalue weighted by atomic mass is 15.2. The van der Waals surface area contributed by atoms with Crippen molar-refractivity contribution in [3.05, 3.63) is 71.8 Å². The molecule has 0 radical (unpaired) electrons. The molecule has 4 aliphatic heterocycles. The van der Waals surface area contributed by atoms with E-state index in [0.717, 1.165) is 51.1 Å². The first kappa shape index (κ1) is 23.4. The Balaban J connectivity index is 0.000000142. The number of fused-ring (bicyclic) bond motifs is 4. The third-order valence-electron chi connectivity index (χ3n) is 7.86. The van der Waals surface area contributed by atoms with Gasteiger partial charge < -0.3 is 10.2 Å². The molecule has 5 heteroatoms. The van der Waals surface area contributed by atoms with Crippen LogP contribution in [0.25, 0.3) is 0 Å². The smallest absolute Gasteiger partial charge is 0.179 e. The molecule has 0 saturated carbocycles. The molecule has 4 bridgehead atoms. The number of likely N-dealkylation sites (tertiary alicyclic amines) is 3. The van der Waals surface area contributed by atoms with Gasteiger partial charge in [0.05, 0.1) is 0 Å². The Kier molecular flexibility index (Phi) is 7.80. The fourth-order valence-electron chi connectivity index (χ4n) is 6.62. The third kappa shape index (κ3) is 6.39. The molecule has 4 atom stereocenters. The molecule has 4 saturated heterocycles. The molecule has 4 aliphatic rings. The van der Waals surface area contributed by atoms with Crippen LogP contribution in [-0.4, -0.2) is 67.1 Å². The van der Waals surface area contributed by atoms with Gasteiger partial charge in [0.2, 0.25) is 0 Å². The number of piperidine rings is 4. The van der Waals surface area contributed by atoms with E-state index in [1.807, 2.05) is 4.90 Å². The van der Waals surface area contributed by atoms with E-state index >= 15 is 0 Å². The molecule has 0 aromatic heterocycles. The standard InChI is InChI=1S/C15H19N3.C14H20N2/c16-12-18-10-14-6-15(11-18)9-17(8-14)7-13-4-2-1-3-5-13;1-2-4-12(5-3-1)9-16-10-13-6-14(11-16)8-15-7-13/h1-5,14-15H,6-11H2;1-5,13-15H,6-11H2. The lowest BCUT2D eigenvalue weighted by atomic mass is 9.85. The Hall–Kier alpha value is -2.39. The quantitative estimate of drug-likeness (QED) is 0.710. The van der Waals surface area contributed by atoms with Crippen LogP contribution in [0.5, 0.6) is 0 Å². The summed E-state index contributed by atoms with van der Waals surface area (Å²) in [6.07, 6.45) is 5.06. The first-order valence-corrected chi connectivity index (χ1v) is 13.1. The Bertz CT molecular complexity index is 901. The maximum atomic E-state index is 9.01. The monoisotopic (exact) mass is 457 g/mol. The number of nitriles is 1. The molecule has 4 unspecified atom stereocenters. The van der Waals surface area contributed by atoms with Crippen LogP contribution in [0.3, 0.4) is 0 Å². The van der Waals surface area contributed by atoms with Crippen molar-refractivity contribution in [1.82, 2.24) is 20.0 Å². The van der Waals surface area contributed by atoms with Crippen LogP contribution in [0.2, 0.25) is 0 Å². The number of hydrogen-bond acceptors (Lipinski definition) is 5. The second kappa shape index (κ2) is 11.4. The predicted molar refractivity (Wildman–Crippen MR) is 137 cm³/mol. The molecule has 0 aliphatic carbocycles. The number of nitrogens with zero attached hydrogens (tertiary/aromatic N) is 4. The van der Waals surface area contributed by atoms with Gasteiger partial charge in [-0.15, -0.1) is 0 Å². The van der Waals surface area contributed by atoms with Crippen LogP contribution in [-0.2, 0) is 13.1 Å². The predicted octanol–water partition coefficient (Wildman–Crippen LogP) is 3.65. The van der Waals surface area contributed by atoms with Gasteiger partial charge in [0.15, 0.2) is 6.19 Å². The molecule has 2 aromatic rings. The fourth-order valence-corrected chi connectivity index (χ4v) is 6.62. The minimum Gasteiger partial charge on any atom is -0.316 e. The third-order valence-corrected chi connectivity index (χ3v) is 7.86. The lowest BCUT2D eigenvalue weighted by molar-refractivity contribution is 0.0508. The lowest BCUT2D eigenvalue weighted by Crippen LogP contribution is -2.51. The molecule has 4 heterocycles. The van der Waals surface area contributed by atoms with Crippen LogP contribution in [0.15, 0.2) is 60.7 Å². The highest BCUT2D eigenvalue weighted by molar-refractivity contribution is 5.15. The summed E-state index contributed by atoms with van der Waals surface area (Å²) in [7, 11) is 0. The second-order valence-corrected chi connectivity index (χ2v) is 11.0. The number of rotatable bonds is 4. The van der Waals surface area contributed by atoms with Crippen molar-refractivity contribution in [3.63, 3.8) is 0 Å². The van der Waals surface area contributed by atoms with E-state index in [2.05, 4.69) is 82.0 Å². The van der Waals surface area contributed by atoms with Crippen molar-refractivity contribution in [2.45, 2.75) is 25.9 Å². The Labute approximate surface area is 205 Å². The van der Waals surface area contributed by atoms with Crippen molar-refractivity contribution in [2.24, 2.45) is 23.7 Å². The van der Waals surface area contributed by atoms with Gasteiger partial charge in [-0.2, -0.15) is 5.26 Å². The van der Waals surface area contributed by atoms with Crippen LogP contribution in [0.1, 0.15) is 24.0 Å². The zero-order valence-electron chi connectivity index (χ0n) is 20.4. The van der Waals surface area contributed by atoms with Crippen molar-refractivity contribution in [3.8, 4) is 6.19 Å². The molecule has 5 nitrogen and oxygen atoms in total. The normalized spacial score (nSPS) is 29.0. The zero-order chi connectivity index (χ0) is 23.2. The average molecular weight is 458 g/mol. The molecule has 0 amide bonds. The maximum Gasteiger partial charge on any atom is 0.179 e. The molecular formula is C29H39N5. The number of benzene rings is 2. The van der Waals surface area contributed by atoms with E-state index in [-0.39, 0.29) is 0 Å². The summed E-state index contributed by atoms with van der Waals surface area (Å²) in [6.45, 7) is 11.4. The highest BCUT2D eigenvalue weighted by Gasteiger charge is 2.33. The molecule has 34 heavy (non-hydrogen) atoms. The van der Waals surface area contributed by atoms with Gasteiger partial charge >= 0.3 is 0 Å². The molecule has 2 aromatic carbocycles. The van der Waals surface area contributed by atoms with E-state index < -0.39 is 0 Å². The summed E-state index contributed by atoms with van der Waals surface area (Å²) < 4.78 is 0. The Morgan fingerprint density at radius 1 is 0.647 bits per heavy atom. The molecule has 6 rings (SSSR count). The van der Waals surface area contributed by atoms with E-state index in [1.54, 1.807) is 0 Å². The van der Waals surface area contributed by atoms with Gasteiger partial charge in [0.25, 0.3) is 0 Å². The van der Waals surface area contributed by atoms with E-state index in [1.165, 1.54) is 50.1 Å². The Morgan fingerprint density at radius 2 is 1.09 bits per heavy atom. The minimum absolute atomic E-state index is 0.681. The summed E-state index contributed by atoms with van der Waals surface area (Å²) in [5, 5.41) is 12.6. The van der Waals surface area contributed by atoms with Crippen LogP contribution < -0.4 is 5.32 Å². The summed E-state index contributed by atoms with van der Waals surface area (Å²) >= 11 is 0. The van der Waals surface area contributed by atoms with Gasteiger partial charge in [0.1, 0.15) is 0 Å².